The van der Waals surface area contributed by atoms with Crippen molar-refractivity contribution in [3.63, 3.8) is 0 Å². The van der Waals surface area contributed by atoms with Crippen LogP contribution in [0, 0.1) is 5.82 Å². The molecular weight excluding hydrogens is 395 g/mol. The first-order valence-electron chi connectivity index (χ1n) is 8.59. The van der Waals surface area contributed by atoms with Gasteiger partial charge in [-0.2, -0.15) is 0 Å². The summed E-state index contributed by atoms with van der Waals surface area (Å²) in [7, 11) is 1.60. The second-order valence-corrected chi connectivity index (χ2v) is 7.46. The third kappa shape index (κ3) is 5.24. The normalized spacial score (nSPS) is 11.3. The van der Waals surface area contributed by atoms with E-state index in [1.165, 1.54) is 23.9 Å². The van der Waals surface area contributed by atoms with Crippen molar-refractivity contribution in [3.05, 3.63) is 105 Å². The fraction of sp³-hybridized carbons (Fsp3) is 0.0870. The summed E-state index contributed by atoms with van der Waals surface area (Å²) < 4.78 is 18.5. The number of methoxy groups -OCH3 is 1. The first-order valence-corrected chi connectivity index (χ1v) is 9.95. The van der Waals surface area contributed by atoms with Crippen molar-refractivity contribution < 1.29 is 13.9 Å². The molecule has 142 valence electrons. The second kappa shape index (κ2) is 9.58. The van der Waals surface area contributed by atoms with Crippen LogP contribution >= 0.6 is 23.4 Å². The molecule has 3 aromatic carbocycles. The molecule has 0 saturated carbocycles. The summed E-state index contributed by atoms with van der Waals surface area (Å²) >= 11 is 7.34. The van der Waals surface area contributed by atoms with Gasteiger partial charge < -0.3 is 4.74 Å². The smallest absolute Gasteiger partial charge is 0.199 e. The Hall–Kier alpha value is -2.56. The van der Waals surface area contributed by atoms with Crippen molar-refractivity contribution in [2.45, 2.75) is 5.75 Å². The number of rotatable bonds is 7. The molecule has 3 rings (SSSR count). The van der Waals surface area contributed by atoms with Crippen molar-refractivity contribution in [3.8, 4) is 5.75 Å². The third-order valence-corrected chi connectivity index (χ3v) is 5.41. The molecular formula is C23H18ClFO2S. The quantitative estimate of drug-likeness (QED) is 0.321. The van der Waals surface area contributed by atoms with E-state index >= 15 is 0 Å². The van der Waals surface area contributed by atoms with Gasteiger partial charge >= 0.3 is 0 Å². The van der Waals surface area contributed by atoms with E-state index in [9.17, 15) is 9.18 Å². The lowest BCUT2D eigenvalue weighted by atomic mass is 10.1. The molecule has 0 fully saturated rings. The zero-order valence-electron chi connectivity index (χ0n) is 15.2. The van der Waals surface area contributed by atoms with Crippen LogP contribution in [0.25, 0.3) is 6.08 Å². The van der Waals surface area contributed by atoms with Gasteiger partial charge in [-0.3, -0.25) is 4.79 Å². The Morgan fingerprint density at radius 2 is 1.71 bits per heavy atom. The molecule has 2 nitrogen and oxygen atoms in total. The number of thioether (sulfide) groups is 1. The predicted molar refractivity (Wildman–Crippen MR) is 114 cm³/mol. The molecule has 0 N–H and O–H groups in total. The monoisotopic (exact) mass is 412 g/mol. The number of hydrogen-bond donors (Lipinski definition) is 0. The summed E-state index contributed by atoms with van der Waals surface area (Å²) in [6.45, 7) is 0. The Bertz CT molecular complexity index is 982. The molecule has 0 aliphatic heterocycles. The van der Waals surface area contributed by atoms with E-state index in [-0.39, 0.29) is 11.6 Å². The lowest BCUT2D eigenvalue weighted by molar-refractivity contribution is 0.104. The van der Waals surface area contributed by atoms with Gasteiger partial charge in [0.2, 0.25) is 0 Å². The third-order valence-electron chi connectivity index (χ3n) is 4.06. The van der Waals surface area contributed by atoms with Gasteiger partial charge in [0, 0.05) is 21.9 Å². The minimum atomic E-state index is -0.282. The summed E-state index contributed by atoms with van der Waals surface area (Å²) in [5.41, 5.74) is 2.30. The van der Waals surface area contributed by atoms with Crippen LogP contribution in [0.1, 0.15) is 21.5 Å². The lowest BCUT2D eigenvalue weighted by Gasteiger charge is -2.10. The summed E-state index contributed by atoms with van der Waals surface area (Å²) in [5, 5.41) is 0.575. The summed E-state index contributed by atoms with van der Waals surface area (Å²) in [5.74, 6) is 0.845. The van der Waals surface area contributed by atoms with E-state index < -0.39 is 0 Å². The maximum atomic E-state index is 13.1. The highest BCUT2D eigenvalue weighted by Gasteiger charge is 2.15. The van der Waals surface area contributed by atoms with Gasteiger partial charge in [0.05, 0.1) is 12.0 Å². The van der Waals surface area contributed by atoms with E-state index in [0.717, 1.165) is 11.1 Å². The SMILES string of the molecule is COc1ccccc1/C=C(/SCc1ccc(F)cc1)C(=O)c1ccc(Cl)cc1. The molecule has 0 aliphatic rings. The first-order chi connectivity index (χ1) is 13.6. The molecule has 0 heterocycles. The van der Waals surface area contributed by atoms with Crippen LogP contribution in [0.2, 0.25) is 5.02 Å². The Morgan fingerprint density at radius 3 is 2.39 bits per heavy atom. The Kier molecular flexibility index (Phi) is 6.90. The molecule has 0 saturated heterocycles. The van der Waals surface area contributed by atoms with Crippen LogP contribution in [0.4, 0.5) is 4.39 Å². The molecule has 0 radical (unpaired) electrons. The van der Waals surface area contributed by atoms with Gasteiger partial charge in [-0.15, -0.1) is 11.8 Å². The maximum absolute atomic E-state index is 13.1. The van der Waals surface area contributed by atoms with Crippen molar-refractivity contribution in [2.24, 2.45) is 0 Å². The topological polar surface area (TPSA) is 26.3 Å². The standard InChI is InChI=1S/C23H18ClFO2S/c1-27-21-5-3-2-4-18(21)14-22(23(26)17-8-10-19(24)11-9-17)28-15-16-6-12-20(25)13-7-16/h2-14H,15H2,1H3/b22-14+. The van der Waals surface area contributed by atoms with E-state index in [1.54, 1.807) is 43.5 Å². The number of ether oxygens (including phenoxy) is 1. The molecule has 3 aromatic rings. The Morgan fingerprint density at radius 1 is 1.04 bits per heavy atom. The average molecular weight is 413 g/mol. The highest BCUT2D eigenvalue weighted by Crippen LogP contribution is 2.30. The fourth-order valence-corrected chi connectivity index (χ4v) is 3.68. The number of Topliss-reactive ketones (excluding diaryl/α,β-unsaturated/α-hetero) is 1. The largest absolute Gasteiger partial charge is 0.496 e. The van der Waals surface area contributed by atoms with Crippen molar-refractivity contribution in [1.82, 2.24) is 0 Å². The number of halogens is 2. The van der Waals surface area contributed by atoms with Gasteiger partial charge in [0.15, 0.2) is 5.78 Å². The van der Waals surface area contributed by atoms with Gasteiger partial charge in [0.25, 0.3) is 0 Å². The van der Waals surface area contributed by atoms with Crippen LogP contribution in [-0.4, -0.2) is 12.9 Å². The zero-order chi connectivity index (χ0) is 19.9. The number of ketones is 1. The fourth-order valence-electron chi connectivity index (χ4n) is 2.58. The summed E-state index contributed by atoms with van der Waals surface area (Å²) in [6, 6.07) is 20.6. The molecule has 0 aliphatic carbocycles. The van der Waals surface area contributed by atoms with Crippen LogP contribution in [0.15, 0.2) is 77.7 Å². The number of carbonyl (C=O) groups excluding carboxylic acids is 1. The molecule has 0 atom stereocenters. The number of para-hydroxylation sites is 1. The van der Waals surface area contributed by atoms with Gasteiger partial charge in [-0.1, -0.05) is 41.9 Å². The first kappa shape index (κ1) is 20.2. The molecule has 0 amide bonds. The minimum Gasteiger partial charge on any atom is -0.496 e. The zero-order valence-corrected chi connectivity index (χ0v) is 16.8. The molecule has 0 bridgehead atoms. The Balaban J connectivity index is 1.92. The van der Waals surface area contributed by atoms with Crippen molar-refractivity contribution in [2.75, 3.05) is 7.11 Å². The van der Waals surface area contributed by atoms with Gasteiger partial charge in [-0.05, 0) is 54.1 Å². The molecule has 0 spiro atoms. The van der Waals surface area contributed by atoms with Gasteiger partial charge in [0.1, 0.15) is 11.6 Å². The number of allylic oxidation sites excluding steroid dienone is 1. The highest BCUT2D eigenvalue weighted by atomic mass is 35.5. The molecule has 0 aromatic heterocycles. The summed E-state index contributed by atoms with van der Waals surface area (Å²) in [4.78, 5) is 13.7. The highest BCUT2D eigenvalue weighted by molar-refractivity contribution is 8.03. The van der Waals surface area contributed by atoms with E-state index in [0.29, 0.717) is 27.0 Å². The van der Waals surface area contributed by atoms with E-state index in [4.69, 9.17) is 16.3 Å². The van der Waals surface area contributed by atoms with Crippen molar-refractivity contribution >= 4 is 35.2 Å². The molecule has 5 heteroatoms. The number of carbonyl (C=O) groups is 1. The second-order valence-electron chi connectivity index (χ2n) is 6.00. The van der Waals surface area contributed by atoms with Crippen LogP contribution in [0.5, 0.6) is 5.75 Å². The number of benzene rings is 3. The predicted octanol–water partition coefficient (Wildman–Crippen LogP) is 6.64. The van der Waals surface area contributed by atoms with Crippen LogP contribution < -0.4 is 4.74 Å². The van der Waals surface area contributed by atoms with E-state index in [1.807, 2.05) is 30.3 Å². The molecule has 28 heavy (non-hydrogen) atoms. The van der Waals surface area contributed by atoms with E-state index in [2.05, 4.69) is 0 Å². The minimum absolute atomic E-state index is 0.102. The maximum Gasteiger partial charge on any atom is 0.199 e. The van der Waals surface area contributed by atoms with Crippen molar-refractivity contribution in [1.29, 1.82) is 0 Å². The van der Waals surface area contributed by atoms with Crippen LogP contribution in [-0.2, 0) is 5.75 Å². The summed E-state index contributed by atoms with van der Waals surface area (Å²) in [6.07, 6.45) is 1.82. The average Bonchev–Trinajstić information content (AvgIpc) is 2.72. The lowest BCUT2D eigenvalue weighted by Crippen LogP contribution is -2.02. The Labute approximate surface area is 173 Å². The van der Waals surface area contributed by atoms with Crippen LogP contribution in [0.3, 0.4) is 0 Å². The van der Waals surface area contributed by atoms with Gasteiger partial charge in [-0.25, -0.2) is 4.39 Å². The molecule has 0 unspecified atom stereocenters. The number of hydrogen-bond acceptors (Lipinski definition) is 3.